The third-order valence-electron chi connectivity index (χ3n) is 3.76. The topological polar surface area (TPSA) is 78.4 Å². The Labute approximate surface area is 114 Å². The highest BCUT2D eigenvalue weighted by atomic mass is 16.4. The van der Waals surface area contributed by atoms with Gasteiger partial charge in [0.1, 0.15) is 0 Å². The summed E-state index contributed by atoms with van der Waals surface area (Å²) in [6.45, 7) is 2.37. The van der Waals surface area contributed by atoms with Gasteiger partial charge in [-0.25, -0.2) is 4.79 Å². The number of carboxylic acids is 1. The van der Waals surface area contributed by atoms with Crippen molar-refractivity contribution in [3.05, 3.63) is 0 Å². The van der Waals surface area contributed by atoms with E-state index in [0.717, 1.165) is 25.7 Å². The Hall–Kier alpha value is -1.70. The maximum absolute atomic E-state index is 11.7. The number of amides is 2. The number of aliphatic carboxylic acids is 1. The minimum atomic E-state index is -0.805. The summed E-state index contributed by atoms with van der Waals surface area (Å²) in [5.74, 6) is 1.72. The van der Waals surface area contributed by atoms with E-state index in [1.165, 1.54) is 0 Å². The van der Waals surface area contributed by atoms with Crippen LogP contribution in [0, 0.1) is 17.8 Å². The van der Waals surface area contributed by atoms with E-state index in [4.69, 9.17) is 11.5 Å². The van der Waals surface area contributed by atoms with Gasteiger partial charge in [0.2, 0.25) is 0 Å². The number of carbonyl (C=O) groups excluding carboxylic acids is 1. The van der Waals surface area contributed by atoms with Gasteiger partial charge in [0, 0.05) is 19.0 Å². The Morgan fingerprint density at radius 3 is 2.58 bits per heavy atom. The number of hydrogen-bond acceptors (Lipinski definition) is 2. The Morgan fingerprint density at radius 2 is 2.16 bits per heavy atom. The molecule has 0 aromatic heterocycles. The molecule has 5 heteroatoms. The highest BCUT2D eigenvalue weighted by molar-refractivity contribution is 5.74. The van der Waals surface area contributed by atoms with Crippen LogP contribution in [0.5, 0.6) is 0 Å². The molecule has 0 aliphatic heterocycles. The van der Waals surface area contributed by atoms with Crippen molar-refractivity contribution in [2.45, 2.75) is 51.5 Å². The summed E-state index contributed by atoms with van der Waals surface area (Å²) in [7, 11) is 0. The molecule has 0 radical (unpaired) electrons. The first-order valence-electron chi connectivity index (χ1n) is 6.71. The molecule has 1 aliphatic rings. The summed E-state index contributed by atoms with van der Waals surface area (Å²) in [4.78, 5) is 22.5. The Balaban J connectivity index is 2.36. The molecule has 1 aliphatic carbocycles. The van der Waals surface area contributed by atoms with E-state index in [1.54, 1.807) is 0 Å². The number of terminal acetylenes is 1. The van der Waals surface area contributed by atoms with E-state index in [-0.39, 0.29) is 23.9 Å². The van der Waals surface area contributed by atoms with E-state index < -0.39 is 5.97 Å². The van der Waals surface area contributed by atoms with Gasteiger partial charge in [-0.05, 0) is 24.7 Å². The third-order valence-corrected chi connectivity index (χ3v) is 3.76. The Morgan fingerprint density at radius 1 is 1.47 bits per heavy atom. The van der Waals surface area contributed by atoms with Gasteiger partial charge in [-0.15, -0.1) is 12.3 Å². The monoisotopic (exact) mass is 266 g/mol. The van der Waals surface area contributed by atoms with Crippen LogP contribution in [0.3, 0.4) is 0 Å². The van der Waals surface area contributed by atoms with E-state index in [1.807, 2.05) is 6.92 Å². The predicted molar refractivity (Wildman–Crippen MR) is 72.6 cm³/mol. The van der Waals surface area contributed by atoms with Crippen LogP contribution >= 0.6 is 0 Å². The molecule has 0 heterocycles. The minimum Gasteiger partial charge on any atom is -0.481 e. The van der Waals surface area contributed by atoms with Crippen molar-refractivity contribution in [1.29, 1.82) is 0 Å². The van der Waals surface area contributed by atoms with Gasteiger partial charge < -0.3 is 15.7 Å². The quantitative estimate of drug-likeness (QED) is 0.614. The molecular weight excluding hydrogens is 244 g/mol. The molecule has 1 unspecified atom stereocenters. The number of nitrogens with one attached hydrogen (secondary N) is 2. The van der Waals surface area contributed by atoms with Crippen LogP contribution in [0.4, 0.5) is 4.79 Å². The third kappa shape index (κ3) is 4.82. The molecule has 1 saturated carbocycles. The molecule has 0 aromatic carbocycles. The van der Waals surface area contributed by atoms with Crippen molar-refractivity contribution in [2.24, 2.45) is 5.41 Å². The molecule has 2 amide bonds. The summed E-state index contributed by atoms with van der Waals surface area (Å²) in [5, 5.41) is 14.5. The summed E-state index contributed by atoms with van der Waals surface area (Å²) in [6.07, 6.45) is 9.38. The lowest BCUT2D eigenvalue weighted by Crippen LogP contribution is -2.48. The van der Waals surface area contributed by atoms with E-state index in [2.05, 4.69) is 16.6 Å². The number of urea groups is 1. The second-order valence-corrected chi connectivity index (χ2v) is 5.26. The van der Waals surface area contributed by atoms with E-state index in [0.29, 0.717) is 13.0 Å². The fourth-order valence-corrected chi connectivity index (χ4v) is 2.36. The van der Waals surface area contributed by atoms with Gasteiger partial charge in [-0.1, -0.05) is 13.3 Å². The van der Waals surface area contributed by atoms with Gasteiger partial charge in [0.25, 0.3) is 0 Å². The number of rotatable bonds is 7. The smallest absolute Gasteiger partial charge is 0.315 e. The first kappa shape index (κ1) is 15.4. The van der Waals surface area contributed by atoms with Gasteiger partial charge in [0.05, 0.1) is 6.42 Å². The highest BCUT2D eigenvalue weighted by Crippen LogP contribution is 2.43. The lowest BCUT2D eigenvalue weighted by molar-refractivity contribution is -0.141. The molecule has 1 atom stereocenters. The van der Waals surface area contributed by atoms with E-state index >= 15 is 0 Å². The molecule has 19 heavy (non-hydrogen) atoms. The van der Waals surface area contributed by atoms with Crippen LogP contribution in [0.25, 0.3) is 0 Å². The average molecular weight is 266 g/mol. The van der Waals surface area contributed by atoms with Crippen LogP contribution in [-0.4, -0.2) is 29.7 Å². The van der Waals surface area contributed by atoms with Gasteiger partial charge in [0.15, 0.2) is 0 Å². The first-order chi connectivity index (χ1) is 9.01. The van der Waals surface area contributed by atoms with Crippen molar-refractivity contribution in [1.82, 2.24) is 10.6 Å². The molecule has 0 spiro atoms. The summed E-state index contributed by atoms with van der Waals surface area (Å²) in [6, 6.07) is -0.291. The largest absolute Gasteiger partial charge is 0.481 e. The van der Waals surface area contributed by atoms with Gasteiger partial charge in [-0.3, -0.25) is 4.79 Å². The number of hydrogen-bond donors (Lipinski definition) is 3. The van der Waals surface area contributed by atoms with Crippen LogP contribution in [-0.2, 0) is 4.79 Å². The maximum atomic E-state index is 11.7. The minimum absolute atomic E-state index is 0.0261. The van der Waals surface area contributed by atoms with Crippen molar-refractivity contribution in [3.63, 3.8) is 0 Å². The second kappa shape index (κ2) is 7.03. The standard InChI is InChI=1S/C14H22N2O3/c1-3-6-11(4-2)16-13(19)15-10-14(7-5-8-14)9-12(17)18/h1,11H,4-10H2,2H3,(H,17,18)(H2,15,16,19). The molecule has 3 N–H and O–H groups in total. The van der Waals surface area contributed by atoms with Crippen LogP contribution in [0.15, 0.2) is 0 Å². The zero-order valence-electron chi connectivity index (χ0n) is 11.4. The molecule has 1 fully saturated rings. The van der Waals surface area contributed by atoms with Crippen molar-refractivity contribution >= 4 is 12.0 Å². The molecule has 5 nitrogen and oxygen atoms in total. The summed E-state index contributed by atoms with van der Waals surface area (Å²) >= 11 is 0. The van der Waals surface area contributed by atoms with Crippen LogP contribution < -0.4 is 10.6 Å². The Bertz CT molecular complexity index is 369. The zero-order valence-corrected chi connectivity index (χ0v) is 11.4. The van der Waals surface area contributed by atoms with Crippen molar-refractivity contribution < 1.29 is 14.7 Å². The molecular formula is C14H22N2O3. The SMILES string of the molecule is C#CCC(CC)NC(=O)NCC1(CC(=O)O)CCC1. The summed E-state index contributed by atoms with van der Waals surface area (Å²) < 4.78 is 0. The molecule has 1 rings (SSSR count). The van der Waals surface area contributed by atoms with Gasteiger partial charge in [-0.2, -0.15) is 0 Å². The van der Waals surface area contributed by atoms with Crippen LogP contribution in [0.1, 0.15) is 45.4 Å². The Kier molecular flexibility index (Phi) is 5.68. The summed E-state index contributed by atoms with van der Waals surface area (Å²) in [5.41, 5.74) is -0.253. The number of carboxylic acid groups (broad SMARTS) is 1. The van der Waals surface area contributed by atoms with Crippen LogP contribution in [0.2, 0.25) is 0 Å². The average Bonchev–Trinajstić information content (AvgIpc) is 2.31. The van der Waals surface area contributed by atoms with Gasteiger partial charge >= 0.3 is 12.0 Å². The fraction of sp³-hybridized carbons (Fsp3) is 0.714. The van der Waals surface area contributed by atoms with Crippen molar-refractivity contribution in [3.8, 4) is 12.3 Å². The lowest BCUT2D eigenvalue weighted by Gasteiger charge is -2.40. The molecule has 0 saturated heterocycles. The maximum Gasteiger partial charge on any atom is 0.315 e. The fourth-order valence-electron chi connectivity index (χ4n) is 2.36. The molecule has 0 bridgehead atoms. The molecule has 106 valence electrons. The predicted octanol–water partition coefficient (Wildman–Crippen LogP) is 1.73. The first-order valence-corrected chi connectivity index (χ1v) is 6.71. The second-order valence-electron chi connectivity index (χ2n) is 5.26. The highest BCUT2D eigenvalue weighted by Gasteiger charge is 2.39. The molecule has 0 aromatic rings. The normalized spacial score (nSPS) is 17.7. The van der Waals surface area contributed by atoms with Crippen molar-refractivity contribution in [2.75, 3.05) is 6.54 Å². The lowest BCUT2D eigenvalue weighted by atomic mass is 9.66. The number of carbonyl (C=O) groups is 2. The van der Waals surface area contributed by atoms with E-state index in [9.17, 15) is 9.59 Å². The zero-order chi connectivity index (χ0) is 14.3.